The molecule has 3 saturated heterocycles. The molecule has 11 nitrogen and oxygen atoms in total. The molecule has 3 rings (SSSR count). The Morgan fingerprint density at radius 1 is 0.800 bits per heavy atom. The Balaban J connectivity index is 1.70. The highest BCUT2D eigenvalue weighted by Gasteiger charge is 2.58. The maximum absolute atomic E-state index is 10.4. The molecule has 3 fully saturated rings. The summed E-state index contributed by atoms with van der Waals surface area (Å²) in [6.45, 7) is -0.987. The first-order chi connectivity index (χ1) is 11.8. The summed E-state index contributed by atoms with van der Waals surface area (Å²) in [5.74, 6) is 0. The minimum atomic E-state index is -1.61. The monoisotopic (exact) mass is 367 g/mol. The second kappa shape index (κ2) is 7.29. The van der Waals surface area contributed by atoms with Crippen molar-refractivity contribution in [2.75, 3.05) is 19.8 Å². The number of fused-ring (bicyclic) bond motifs is 1. The molecule has 3 aliphatic heterocycles. The van der Waals surface area contributed by atoms with Gasteiger partial charge >= 0.3 is 0 Å². The Bertz CT molecular complexity index is 467. The zero-order valence-electron chi connectivity index (χ0n) is 13.3. The molecule has 2 unspecified atom stereocenters. The number of aliphatic hydroxyl groups is 8. The van der Waals surface area contributed by atoms with Gasteiger partial charge in [0.15, 0.2) is 6.29 Å². The van der Waals surface area contributed by atoms with Gasteiger partial charge in [-0.1, -0.05) is 0 Å². The first-order valence-electron chi connectivity index (χ1n) is 8.18. The van der Waals surface area contributed by atoms with Gasteiger partial charge in [0.1, 0.15) is 30.5 Å². The molecule has 0 radical (unpaired) electrons. The van der Waals surface area contributed by atoms with E-state index in [2.05, 4.69) is 0 Å². The van der Waals surface area contributed by atoms with Crippen LogP contribution in [0.15, 0.2) is 0 Å². The van der Waals surface area contributed by atoms with E-state index in [1.807, 2.05) is 0 Å². The van der Waals surface area contributed by atoms with Crippen molar-refractivity contribution in [1.29, 1.82) is 0 Å². The van der Waals surface area contributed by atoms with Gasteiger partial charge in [0, 0.05) is 6.54 Å². The van der Waals surface area contributed by atoms with E-state index in [0.717, 1.165) is 0 Å². The van der Waals surface area contributed by atoms with Crippen LogP contribution in [0.4, 0.5) is 0 Å². The van der Waals surface area contributed by atoms with Crippen LogP contribution in [0.1, 0.15) is 0 Å². The van der Waals surface area contributed by atoms with E-state index in [9.17, 15) is 40.9 Å². The third kappa shape index (κ3) is 3.09. The van der Waals surface area contributed by atoms with Crippen LogP contribution in [0.2, 0.25) is 0 Å². The Morgan fingerprint density at radius 2 is 1.48 bits per heavy atom. The summed E-state index contributed by atoms with van der Waals surface area (Å²) in [6.07, 6.45) is -12.0. The van der Waals surface area contributed by atoms with E-state index in [0.29, 0.717) is 0 Å². The zero-order valence-corrected chi connectivity index (χ0v) is 13.3. The molecule has 0 amide bonds. The van der Waals surface area contributed by atoms with E-state index < -0.39 is 80.4 Å². The normalized spacial score (nSPS) is 54.0. The Morgan fingerprint density at radius 3 is 2.08 bits per heavy atom. The lowest BCUT2D eigenvalue weighted by Crippen LogP contribution is -2.60. The Hall–Kier alpha value is -0.440. The number of aliphatic hydroxyl groups excluding tert-OH is 8. The van der Waals surface area contributed by atoms with Crippen LogP contribution >= 0.6 is 0 Å². The molecule has 0 aromatic heterocycles. The molecule has 3 heterocycles. The molecule has 0 aromatic carbocycles. The van der Waals surface area contributed by atoms with Gasteiger partial charge in [-0.05, 0) is 0 Å². The smallest absolute Gasteiger partial charge is 0.187 e. The molecule has 11 atom stereocenters. The average molecular weight is 367 g/mol. The molecule has 0 aliphatic carbocycles. The molecular weight excluding hydrogens is 342 g/mol. The van der Waals surface area contributed by atoms with E-state index >= 15 is 0 Å². The minimum Gasteiger partial charge on any atom is -0.395 e. The molecule has 0 spiro atoms. The number of nitrogens with zero attached hydrogens (tertiary/aromatic N) is 1. The molecule has 8 N–H and O–H groups in total. The van der Waals surface area contributed by atoms with Gasteiger partial charge < -0.3 is 50.3 Å². The SMILES string of the molecule is OCC1O[C@H](O[C@H]2CN3[C@@H]([C@@H](O)[C@H](O)[C@H]3CO)[C@@H]2O)[C@@H](O)C(O)[C@@H]1O. The van der Waals surface area contributed by atoms with Crippen LogP contribution in [-0.2, 0) is 9.47 Å². The summed E-state index contributed by atoms with van der Waals surface area (Å²) in [5.41, 5.74) is 0. The lowest BCUT2D eigenvalue weighted by Gasteiger charge is -2.40. The third-order valence-corrected chi connectivity index (χ3v) is 5.37. The first-order valence-corrected chi connectivity index (χ1v) is 8.18. The van der Waals surface area contributed by atoms with E-state index in [-0.39, 0.29) is 6.54 Å². The third-order valence-electron chi connectivity index (χ3n) is 5.37. The quantitative estimate of drug-likeness (QED) is 0.237. The van der Waals surface area contributed by atoms with E-state index in [4.69, 9.17) is 9.47 Å². The van der Waals surface area contributed by atoms with Crippen LogP contribution in [0, 0.1) is 0 Å². The fourth-order valence-corrected chi connectivity index (χ4v) is 3.92. The molecule has 0 saturated carbocycles. The summed E-state index contributed by atoms with van der Waals surface area (Å²) in [6, 6.07) is -1.62. The van der Waals surface area contributed by atoms with Crippen molar-refractivity contribution in [3.05, 3.63) is 0 Å². The fourth-order valence-electron chi connectivity index (χ4n) is 3.92. The Kier molecular flexibility index (Phi) is 5.63. The second-order valence-electron chi connectivity index (χ2n) is 6.78. The minimum absolute atomic E-state index is 0.0419. The summed E-state index contributed by atoms with van der Waals surface area (Å²) < 4.78 is 10.8. The van der Waals surface area contributed by atoms with Crippen molar-refractivity contribution in [3.63, 3.8) is 0 Å². The van der Waals surface area contributed by atoms with Crippen LogP contribution in [0.3, 0.4) is 0 Å². The van der Waals surface area contributed by atoms with Crippen LogP contribution in [0.5, 0.6) is 0 Å². The highest BCUT2D eigenvalue weighted by molar-refractivity contribution is 5.10. The highest BCUT2D eigenvalue weighted by Crippen LogP contribution is 2.36. The van der Waals surface area contributed by atoms with Crippen molar-refractivity contribution in [3.8, 4) is 0 Å². The predicted octanol–water partition coefficient (Wildman–Crippen LogP) is -5.69. The lowest BCUT2D eigenvalue weighted by molar-refractivity contribution is -0.314. The summed E-state index contributed by atoms with van der Waals surface area (Å²) in [4.78, 5) is 1.52. The van der Waals surface area contributed by atoms with Gasteiger partial charge in [0.05, 0.1) is 43.6 Å². The predicted molar refractivity (Wildman–Crippen MR) is 78.0 cm³/mol. The van der Waals surface area contributed by atoms with Crippen LogP contribution in [-0.4, -0.2) is 133 Å². The van der Waals surface area contributed by atoms with Gasteiger partial charge in [0.2, 0.25) is 0 Å². The van der Waals surface area contributed by atoms with Crippen molar-refractivity contribution in [2.24, 2.45) is 0 Å². The van der Waals surface area contributed by atoms with Gasteiger partial charge in [-0.3, -0.25) is 4.90 Å². The maximum atomic E-state index is 10.4. The molecule has 25 heavy (non-hydrogen) atoms. The molecule has 0 aromatic rings. The van der Waals surface area contributed by atoms with Gasteiger partial charge in [-0.15, -0.1) is 0 Å². The molecule has 0 bridgehead atoms. The van der Waals surface area contributed by atoms with Gasteiger partial charge in [0.25, 0.3) is 0 Å². The zero-order chi connectivity index (χ0) is 18.5. The molecule has 3 aliphatic rings. The molecular formula is C14H25NO10. The van der Waals surface area contributed by atoms with Gasteiger partial charge in [-0.2, -0.15) is 0 Å². The molecule has 11 heteroatoms. The Labute approximate surface area is 143 Å². The number of hydrogen-bond acceptors (Lipinski definition) is 11. The first kappa shape index (κ1) is 19.3. The standard InChI is InChI=1S/C14H25NO10/c16-2-4-8(18)11(21)7-9(19)5(1-15(4)7)24-14-13(23)12(22)10(20)6(3-17)25-14/h4-14,16-23H,1-3H2/t4-,5+,6?,7-,8-,9-,10-,11-,12?,13+,14+/m1/s1. The topological polar surface area (TPSA) is 184 Å². The summed E-state index contributed by atoms with van der Waals surface area (Å²) in [5, 5.41) is 78.5. The average Bonchev–Trinajstić information content (AvgIpc) is 3.03. The number of rotatable bonds is 4. The van der Waals surface area contributed by atoms with Crippen molar-refractivity contribution < 1.29 is 50.3 Å². The van der Waals surface area contributed by atoms with E-state index in [1.165, 1.54) is 4.90 Å². The number of ether oxygens (including phenoxy) is 2. The summed E-state index contributed by atoms with van der Waals surface area (Å²) in [7, 11) is 0. The van der Waals surface area contributed by atoms with Crippen molar-refractivity contribution >= 4 is 0 Å². The van der Waals surface area contributed by atoms with Gasteiger partial charge in [-0.25, -0.2) is 0 Å². The molecule has 146 valence electrons. The second-order valence-corrected chi connectivity index (χ2v) is 6.78. The number of hydrogen-bond donors (Lipinski definition) is 8. The van der Waals surface area contributed by atoms with Crippen LogP contribution in [0.25, 0.3) is 0 Å². The summed E-state index contributed by atoms with van der Waals surface area (Å²) >= 11 is 0. The highest BCUT2D eigenvalue weighted by atomic mass is 16.7. The lowest BCUT2D eigenvalue weighted by atomic mass is 9.99. The maximum Gasteiger partial charge on any atom is 0.187 e. The van der Waals surface area contributed by atoms with E-state index in [1.54, 1.807) is 0 Å². The van der Waals surface area contributed by atoms with Crippen LogP contribution < -0.4 is 0 Å². The van der Waals surface area contributed by atoms with Crippen molar-refractivity contribution in [1.82, 2.24) is 4.90 Å². The van der Waals surface area contributed by atoms with Crippen molar-refractivity contribution in [2.45, 2.75) is 67.2 Å². The fraction of sp³-hybridized carbons (Fsp3) is 1.00. The largest absolute Gasteiger partial charge is 0.395 e.